The van der Waals surface area contributed by atoms with Crippen LogP contribution in [0.5, 0.6) is 0 Å². The van der Waals surface area contributed by atoms with Crippen LogP contribution in [0.4, 0.5) is 0 Å². The van der Waals surface area contributed by atoms with E-state index in [1.54, 1.807) is 0 Å². The van der Waals surface area contributed by atoms with Crippen LogP contribution < -0.4 is 5.32 Å². The molecule has 2 aliphatic rings. The molecule has 0 aromatic heterocycles. The molecule has 2 aliphatic carbocycles. The highest BCUT2D eigenvalue weighted by molar-refractivity contribution is 6.12. The monoisotopic (exact) mass is 495 g/mol. The van der Waals surface area contributed by atoms with Crippen molar-refractivity contribution in [1.29, 1.82) is 0 Å². The zero-order chi connectivity index (χ0) is 25.2. The number of amides is 1. The van der Waals surface area contributed by atoms with Crippen molar-refractivity contribution < 1.29 is 33.6 Å². The molecule has 0 heterocycles. The Hall–Kier alpha value is -3.04. The van der Waals surface area contributed by atoms with Gasteiger partial charge in [-0.15, -0.1) is 0 Å². The van der Waals surface area contributed by atoms with Gasteiger partial charge in [0.2, 0.25) is 0 Å². The van der Waals surface area contributed by atoms with E-state index in [1.165, 1.54) is 27.6 Å². The van der Waals surface area contributed by atoms with Gasteiger partial charge in [0.15, 0.2) is 0 Å². The minimum atomic E-state index is -0.875. The average Bonchev–Trinajstić information content (AvgIpc) is 2.89. The van der Waals surface area contributed by atoms with E-state index >= 15 is 0 Å². The molecule has 2 aromatic rings. The lowest BCUT2D eigenvalue weighted by Gasteiger charge is -2.24. The number of carboxylic acid groups (broad SMARTS) is 1. The van der Waals surface area contributed by atoms with Gasteiger partial charge in [0.1, 0.15) is 0 Å². The number of carbonyl (C=O) groups is 2. The maximum Gasteiger partial charge on any atom is 0.305 e. The molecule has 0 aliphatic heterocycles. The second-order valence-electron chi connectivity index (χ2n) is 8.61. The van der Waals surface area contributed by atoms with Crippen LogP contribution >= 0.6 is 0 Å². The number of benzene rings is 2. The fourth-order valence-electron chi connectivity index (χ4n) is 4.47. The molecule has 2 aromatic carbocycles. The Labute approximate surface area is 210 Å². The van der Waals surface area contributed by atoms with Gasteiger partial charge in [-0.2, -0.15) is 0 Å². The van der Waals surface area contributed by atoms with Crippen LogP contribution in [0.15, 0.2) is 36.4 Å². The van der Waals surface area contributed by atoms with E-state index in [0.29, 0.717) is 58.4 Å². The zero-order valence-electron chi connectivity index (χ0n) is 20.4. The highest BCUT2D eigenvalue weighted by Gasteiger charge is 2.22. The van der Waals surface area contributed by atoms with Crippen LogP contribution in [0.1, 0.15) is 39.9 Å². The molecule has 2 N–H and O–H groups in total. The fraction of sp³-hybridized carbons (Fsp3) is 0.429. The molecule has 0 bridgehead atoms. The zero-order valence-corrected chi connectivity index (χ0v) is 20.4. The Morgan fingerprint density at radius 1 is 0.833 bits per heavy atom. The van der Waals surface area contributed by atoms with Crippen LogP contribution in [0, 0.1) is 0 Å². The fourth-order valence-corrected chi connectivity index (χ4v) is 4.47. The first kappa shape index (κ1) is 26.0. The van der Waals surface area contributed by atoms with Crippen molar-refractivity contribution in [1.82, 2.24) is 5.32 Å². The van der Waals surface area contributed by atoms with Gasteiger partial charge in [-0.05, 0) is 51.9 Å². The molecule has 36 heavy (non-hydrogen) atoms. The molecule has 192 valence electrons. The minimum absolute atomic E-state index is 0.00498. The summed E-state index contributed by atoms with van der Waals surface area (Å²) >= 11 is 0. The number of carboxylic acids is 1. The predicted octanol–water partition coefficient (Wildman–Crippen LogP) is 3.47. The summed E-state index contributed by atoms with van der Waals surface area (Å²) in [7, 11) is 0. The highest BCUT2D eigenvalue weighted by Crippen LogP contribution is 2.41. The third-order valence-electron chi connectivity index (χ3n) is 6.18. The summed E-state index contributed by atoms with van der Waals surface area (Å²) in [6.45, 7) is 3.52. The lowest BCUT2D eigenvalue weighted by Crippen LogP contribution is -2.28. The standard InChI is InChI=1S/C28H33NO7/c30-25(31)10-12-33-14-16-35-18-19-36-17-15-34-13-11-29-28(32)24-9-7-22-5-4-20-2-1-3-21-6-8-23(24)27(22)26(20)21/h1,3-4,6-9H,2,5,10-19H2,(H,29,32)(H,30,31). The Balaban J connectivity index is 1.10. The Bertz CT molecular complexity index is 1140. The number of rotatable bonds is 16. The Kier molecular flexibility index (Phi) is 9.63. The van der Waals surface area contributed by atoms with E-state index < -0.39 is 5.97 Å². The quantitative estimate of drug-likeness (QED) is 0.344. The van der Waals surface area contributed by atoms with E-state index in [4.69, 9.17) is 24.1 Å². The molecule has 1 amide bonds. The summed E-state index contributed by atoms with van der Waals surface area (Å²) in [5.41, 5.74) is 5.83. The maximum atomic E-state index is 12.9. The van der Waals surface area contributed by atoms with Gasteiger partial charge in [0.05, 0.1) is 59.3 Å². The molecule has 0 fully saturated rings. The van der Waals surface area contributed by atoms with Crippen molar-refractivity contribution in [2.75, 3.05) is 59.4 Å². The summed E-state index contributed by atoms with van der Waals surface area (Å²) in [4.78, 5) is 23.3. The number of aliphatic carboxylic acids is 1. The first-order valence-electron chi connectivity index (χ1n) is 12.4. The van der Waals surface area contributed by atoms with Crippen LogP contribution in [-0.2, 0) is 30.2 Å². The molecule has 0 spiro atoms. The number of allylic oxidation sites excluding steroid dienone is 3. The number of hydrogen-bond donors (Lipinski definition) is 2. The molecular weight excluding hydrogens is 462 g/mol. The summed E-state index contributed by atoms with van der Waals surface area (Å²) in [6.07, 6.45) is 8.52. The van der Waals surface area contributed by atoms with E-state index in [1.807, 2.05) is 6.07 Å². The van der Waals surface area contributed by atoms with Gasteiger partial charge >= 0.3 is 5.97 Å². The normalized spacial score (nSPS) is 13.6. The van der Waals surface area contributed by atoms with Crippen molar-refractivity contribution in [2.45, 2.75) is 19.3 Å². The van der Waals surface area contributed by atoms with Crippen molar-refractivity contribution >= 4 is 34.3 Å². The van der Waals surface area contributed by atoms with E-state index in [2.05, 4.69) is 41.7 Å². The van der Waals surface area contributed by atoms with Crippen LogP contribution in [0.25, 0.3) is 22.4 Å². The Morgan fingerprint density at radius 3 is 2.25 bits per heavy atom. The van der Waals surface area contributed by atoms with E-state index in [9.17, 15) is 9.59 Å². The third kappa shape index (κ3) is 6.79. The number of carbonyl (C=O) groups excluding carboxylic acids is 1. The van der Waals surface area contributed by atoms with Gasteiger partial charge in [0, 0.05) is 12.1 Å². The van der Waals surface area contributed by atoms with Gasteiger partial charge in [-0.25, -0.2) is 0 Å². The largest absolute Gasteiger partial charge is 0.481 e. The van der Waals surface area contributed by atoms with Gasteiger partial charge in [-0.1, -0.05) is 36.4 Å². The minimum Gasteiger partial charge on any atom is -0.481 e. The number of ether oxygens (including phenoxy) is 4. The lowest BCUT2D eigenvalue weighted by atomic mass is 9.80. The molecule has 8 nitrogen and oxygen atoms in total. The van der Waals surface area contributed by atoms with Crippen molar-refractivity contribution in [3.63, 3.8) is 0 Å². The Morgan fingerprint density at radius 2 is 1.53 bits per heavy atom. The van der Waals surface area contributed by atoms with Crippen LogP contribution in [0.3, 0.4) is 0 Å². The molecule has 0 saturated carbocycles. The highest BCUT2D eigenvalue weighted by atomic mass is 16.6. The van der Waals surface area contributed by atoms with Gasteiger partial charge < -0.3 is 29.4 Å². The summed E-state index contributed by atoms with van der Waals surface area (Å²) in [6, 6.07) is 8.18. The van der Waals surface area contributed by atoms with Crippen LogP contribution in [0.2, 0.25) is 0 Å². The van der Waals surface area contributed by atoms with Gasteiger partial charge in [-0.3, -0.25) is 9.59 Å². The second-order valence-corrected chi connectivity index (χ2v) is 8.61. The van der Waals surface area contributed by atoms with Gasteiger partial charge in [0.25, 0.3) is 5.91 Å². The lowest BCUT2D eigenvalue weighted by molar-refractivity contribution is -0.138. The topological polar surface area (TPSA) is 103 Å². The van der Waals surface area contributed by atoms with Crippen molar-refractivity contribution in [3.05, 3.63) is 58.7 Å². The maximum absolute atomic E-state index is 12.9. The molecule has 8 heteroatoms. The number of nitrogens with one attached hydrogen (secondary N) is 1. The molecule has 0 unspecified atom stereocenters. The van der Waals surface area contributed by atoms with Crippen molar-refractivity contribution in [3.8, 4) is 0 Å². The SMILES string of the molecule is O=C(O)CCOCCOCCOCCOCCNC(=O)c1ccc2c3c4c(ccc13)C=CCC4=CC2. The molecule has 0 radical (unpaired) electrons. The van der Waals surface area contributed by atoms with Crippen molar-refractivity contribution in [2.24, 2.45) is 0 Å². The molecular formula is C28H33NO7. The second kappa shape index (κ2) is 13.3. The first-order chi connectivity index (χ1) is 17.6. The summed E-state index contributed by atoms with van der Waals surface area (Å²) < 4.78 is 21.5. The molecule has 4 rings (SSSR count). The first-order valence-corrected chi connectivity index (χ1v) is 12.4. The predicted molar refractivity (Wildman–Crippen MR) is 137 cm³/mol. The summed E-state index contributed by atoms with van der Waals surface area (Å²) in [5.74, 6) is -0.965. The molecule has 0 atom stereocenters. The number of hydrogen-bond acceptors (Lipinski definition) is 6. The average molecular weight is 496 g/mol. The third-order valence-corrected chi connectivity index (χ3v) is 6.18. The van der Waals surface area contributed by atoms with Crippen LogP contribution in [-0.4, -0.2) is 76.4 Å². The van der Waals surface area contributed by atoms with E-state index in [-0.39, 0.29) is 18.9 Å². The smallest absolute Gasteiger partial charge is 0.305 e. The molecule has 0 saturated heterocycles. The van der Waals surface area contributed by atoms with E-state index in [0.717, 1.165) is 18.2 Å². The summed E-state index contributed by atoms with van der Waals surface area (Å²) in [5, 5.41) is 13.7.